The third-order valence-electron chi connectivity index (χ3n) is 3.22. The van der Waals surface area contributed by atoms with Crippen LogP contribution in [-0.4, -0.2) is 38.3 Å². The van der Waals surface area contributed by atoms with Crippen molar-refractivity contribution in [2.45, 2.75) is 31.7 Å². The maximum atomic E-state index is 5.61. The number of nitrogens with two attached hydrogens (primary N) is 1. The van der Waals surface area contributed by atoms with Crippen molar-refractivity contribution in [1.29, 1.82) is 0 Å². The Bertz CT molecular complexity index is 130. The van der Waals surface area contributed by atoms with Crippen LogP contribution in [0.1, 0.15) is 25.7 Å². The van der Waals surface area contributed by atoms with E-state index in [2.05, 4.69) is 17.3 Å². The summed E-state index contributed by atoms with van der Waals surface area (Å²) < 4.78 is 0. The van der Waals surface area contributed by atoms with Crippen molar-refractivity contribution in [3.8, 4) is 0 Å². The highest BCUT2D eigenvalue weighted by molar-refractivity contribution is 4.78. The molecule has 0 radical (unpaired) electrons. The van der Waals surface area contributed by atoms with E-state index >= 15 is 0 Å². The van der Waals surface area contributed by atoms with Crippen LogP contribution in [0, 0.1) is 5.92 Å². The largest absolute Gasteiger partial charge is 0.319 e. The molecule has 0 heterocycles. The van der Waals surface area contributed by atoms with Gasteiger partial charge in [-0.05, 0) is 52.2 Å². The zero-order chi connectivity index (χ0) is 9.68. The van der Waals surface area contributed by atoms with E-state index in [0.29, 0.717) is 6.67 Å². The number of rotatable bonds is 4. The molecule has 78 valence electrons. The smallest absolute Gasteiger partial charge is 0.0455 e. The Hall–Kier alpha value is -0.120. The Morgan fingerprint density at radius 1 is 1.31 bits per heavy atom. The van der Waals surface area contributed by atoms with Gasteiger partial charge >= 0.3 is 0 Å². The van der Waals surface area contributed by atoms with Gasteiger partial charge in [-0.3, -0.25) is 4.90 Å². The van der Waals surface area contributed by atoms with Gasteiger partial charge in [0, 0.05) is 12.7 Å². The van der Waals surface area contributed by atoms with Gasteiger partial charge in [0.25, 0.3) is 0 Å². The molecule has 1 fully saturated rings. The predicted molar refractivity (Wildman–Crippen MR) is 56.5 cm³/mol. The fourth-order valence-corrected chi connectivity index (χ4v) is 2.23. The van der Waals surface area contributed by atoms with Gasteiger partial charge in [-0.2, -0.15) is 0 Å². The lowest BCUT2D eigenvalue weighted by Gasteiger charge is -2.33. The van der Waals surface area contributed by atoms with Crippen LogP contribution >= 0.6 is 0 Å². The van der Waals surface area contributed by atoms with Crippen molar-refractivity contribution in [2.75, 3.05) is 27.3 Å². The van der Waals surface area contributed by atoms with Crippen LogP contribution in [0.25, 0.3) is 0 Å². The van der Waals surface area contributed by atoms with Crippen LogP contribution in [0.2, 0.25) is 0 Å². The van der Waals surface area contributed by atoms with Crippen LogP contribution in [0.5, 0.6) is 0 Å². The molecule has 0 aromatic heterocycles. The summed E-state index contributed by atoms with van der Waals surface area (Å²) in [6.07, 6.45) is 5.35. The molecule has 0 aromatic carbocycles. The molecule has 0 aliphatic heterocycles. The Morgan fingerprint density at radius 3 is 2.38 bits per heavy atom. The zero-order valence-corrected chi connectivity index (χ0v) is 8.92. The van der Waals surface area contributed by atoms with Crippen molar-refractivity contribution < 1.29 is 0 Å². The van der Waals surface area contributed by atoms with Crippen LogP contribution in [0.4, 0.5) is 0 Å². The molecule has 1 aliphatic rings. The SMILES string of the molecule is CNCC1CCC(N(C)CN)CC1. The summed E-state index contributed by atoms with van der Waals surface area (Å²) >= 11 is 0. The van der Waals surface area contributed by atoms with E-state index in [0.717, 1.165) is 12.0 Å². The quantitative estimate of drug-likeness (QED) is 0.631. The molecular weight excluding hydrogens is 162 g/mol. The maximum absolute atomic E-state index is 5.61. The van der Waals surface area contributed by atoms with Crippen LogP contribution < -0.4 is 11.1 Å². The second kappa shape index (κ2) is 5.58. The Morgan fingerprint density at radius 2 is 1.92 bits per heavy atom. The lowest BCUT2D eigenvalue weighted by molar-refractivity contribution is 0.168. The molecule has 1 rings (SSSR count). The molecule has 3 N–H and O–H groups in total. The van der Waals surface area contributed by atoms with Gasteiger partial charge in [-0.1, -0.05) is 0 Å². The second-order valence-electron chi connectivity index (χ2n) is 4.17. The summed E-state index contributed by atoms with van der Waals surface area (Å²) in [5, 5.41) is 3.26. The first-order valence-electron chi connectivity index (χ1n) is 5.32. The fraction of sp³-hybridized carbons (Fsp3) is 1.00. The summed E-state index contributed by atoms with van der Waals surface area (Å²) in [4.78, 5) is 2.27. The highest BCUT2D eigenvalue weighted by atomic mass is 15.2. The molecule has 3 heteroatoms. The van der Waals surface area contributed by atoms with Crippen molar-refractivity contribution in [3.05, 3.63) is 0 Å². The molecule has 0 saturated heterocycles. The Balaban J connectivity index is 2.22. The van der Waals surface area contributed by atoms with E-state index in [1.807, 2.05) is 7.05 Å². The normalized spacial score (nSPS) is 29.5. The summed E-state index contributed by atoms with van der Waals surface area (Å²) in [5.41, 5.74) is 5.61. The Kier molecular flexibility index (Phi) is 4.70. The fourth-order valence-electron chi connectivity index (χ4n) is 2.23. The first-order chi connectivity index (χ1) is 6.27. The van der Waals surface area contributed by atoms with Gasteiger partial charge in [0.15, 0.2) is 0 Å². The van der Waals surface area contributed by atoms with E-state index in [1.54, 1.807) is 0 Å². The highest BCUT2D eigenvalue weighted by Gasteiger charge is 2.22. The molecule has 0 aromatic rings. The highest BCUT2D eigenvalue weighted by Crippen LogP contribution is 2.25. The van der Waals surface area contributed by atoms with Crippen molar-refractivity contribution in [1.82, 2.24) is 10.2 Å². The van der Waals surface area contributed by atoms with Crippen LogP contribution in [0.3, 0.4) is 0 Å². The molecule has 1 saturated carbocycles. The lowest BCUT2D eigenvalue weighted by Crippen LogP contribution is -2.39. The van der Waals surface area contributed by atoms with E-state index in [1.165, 1.54) is 32.2 Å². The molecule has 13 heavy (non-hydrogen) atoms. The summed E-state index contributed by atoms with van der Waals surface area (Å²) in [6.45, 7) is 1.88. The van der Waals surface area contributed by atoms with Gasteiger partial charge in [0.05, 0.1) is 0 Å². The average Bonchev–Trinajstić information content (AvgIpc) is 2.18. The van der Waals surface area contributed by atoms with Gasteiger partial charge in [-0.15, -0.1) is 0 Å². The minimum atomic E-state index is 0.696. The zero-order valence-electron chi connectivity index (χ0n) is 8.92. The monoisotopic (exact) mass is 185 g/mol. The van der Waals surface area contributed by atoms with E-state index in [-0.39, 0.29) is 0 Å². The number of hydrogen-bond acceptors (Lipinski definition) is 3. The van der Waals surface area contributed by atoms with E-state index < -0.39 is 0 Å². The summed E-state index contributed by atoms with van der Waals surface area (Å²) in [6, 6.07) is 0.734. The van der Waals surface area contributed by atoms with Crippen molar-refractivity contribution >= 4 is 0 Å². The molecule has 3 nitrogen and oxygen atoms in total. The third kappa shape index (κ3) is 3.25. The summed E-state index contributed by atoms with van der Waals surface area (Å²) in [5.74, 6) is 0.896. The molecule has 0 spiro atoms. The third-order valence-corrected chi connectivity index (χ3v) is 3.22. The molecule has 0 unspecified atom stereocenters. The predicted octanol–water partition coefficient (Wildman–Crippen LogP) is 0.613. The average molecular weight is 185 g/mol. The van der Waals surface area contributed by atoms with Gasteiger partial charge in [0.1, 0.15) is 0 Å². The lowest BCUT2D eigenvalue weighted by atomic mass is 9.85. The first kappa shape index (κ1) is 11.0. The number of hydrogen-bond donors (Lipinski definition) is 2. The molecule has 1 aliphatic carbocycles. The molecule has 0 atom stereocenters. The van der Waals surface area contributed by atoms with Crippen LogP contribution in [-0.2, 0) is 0 Å². The van der Waals surface area contributed by atoms with Gasteiger partial charge in [-0.25, -0.2) is 0 Å². The topological polar surface area (TPSA) is 41.3 Å². The minimum Gasteiger partial charge on any atom is -0.319 e. The van der Waals surface area contributed by atoms with Crippen LogP contribution in [0.15, 0.2) is 0 Å². The second-order valence-corrected chi connectivity index (χ2v) is 4.17. The maximum Gasteiger partial charge on any atom is 0.0455 e. The summed E-state index contributed by atoms with van der Waals surface area (Å²) in [7, 11) is 4.17. The van der Waals surface area contributed by atoms with E-state index in [4.69, 9.17) is 5.73 Å². The van der Waals surface area contributed by atoms with Gasteiger partial charge in [0.2, 0.25) is 0 Å². The molecular formula is C10H23N3. The standard InChI is InChI=1S/C10H23N3/c1-12-7-9-3-5-10(6-4-9)13(2)8-11/h9-10,12H,3-8,11H2,1-2H3. The minimum absolute atomic E-state index is 0.696. The first-order valence-corrected chi connectivity index (χ1v) is 5.32. The Labute approximate surface area is 81.7 Å². The van der Waals surface area contributed by atoms with E-state index in [9.17, 15) is 0 Å². The van der Waals surface area contributed by atoms with Gasteiger partial charge < -0.3 is 11.1 Å². The van der Waals surface area contributed by atoms with Crippen molar-refractivity contribution in [3.63, 3.8) is 0 Å². The number of nitrogens with zero attached hydrogens (tertiary/aromatic N) is 1. The molecule has 0 amide bonds. The van der Waals surface area contributed by atoms with Crippen molar-refractivity contribution in [2.24, 2.45) is 11.7 Å². The molecule has 0 bridgehead atoms. The number of nitrogens with one attached hydrogen (secondary N) is 1.